The molecule has 3 rings (SSSR count). The van der Waals surface area contributed by atoms with Gasteiger partial charge in [-0.2, -0.15) is 0 Å². The highest BCUT2D eigenvalue weighted by molar-refractivity contribution is 6.05. The van der Waals surface area contributed by atoms with E-state index in [2.05, 4.69) is 22.2 Å². The molecule has 0 spiro atoms. The first-order chi connectivity index (χ1) is 12.1. The minimum atomic E-state index is -0.127. The largest absolute Gasteiger partial charge is 0.495 e. The van der Waals surface area contributed by atoms with Crippen molar-refractivity contribution in [3.05, 3.63) is 53.6 Å². The first kappa shape index (κ1) is 17.3. The normalized spacial score (nSPS) is 15.1. The number of likely N-dealkylation sites (N-methyl/N-ethyl adjacent to an activating group) is 1. The Balaban J connectivity index is 1.81. The summed E-state index contributed by atoms with van der Waals surface area (Å²) in [6, 6.07) is 13.5. The van der Waals surface area contributed by atoms with Crippen LogP contribution in [0, 0.1) is 6.92 Å². The predicted octanol–water partition coefficient (Wildman–Crippen LogP) is 3.01. The molecule has 5 nitrogen and oxygen atoms in total. The van der Waals surface area contributed by atoms with E-state index in [1.54, 1.807) is 7.11 Å². The monoisotopic (exact) mass is 339 g/mol. The van der Waals surface area contributed by atoms with Crippen LogP contribution in [-0.2, 0) is 0 Å². The van der Waals surface area contributed by atoms with E-state index in [1.807, 2.05) is 49.4 Å². The summed E-state index contributed by atoms with van der Waals surface area (Å²) in [7, 11) is 3.76. The molecule has 1 N–H and O–H groups in total. The van der Waals surface area contributed by atoms with E-state index in [0.717, 1.165) is 37.4 Å². The number of anilines is 2. The van der Waals surface area contributed by atoms with Gasteiger partial charge in [-0.1, -0.05) is 17.7 Å². The van der Waals surface area contributed by atoms with Gasteiger partial charge in [0, 0.05) is 37.4 Å². The van der Waals surface area contributed by atoms with Gasteiger partial charge in [0.15, 0.2) is 0 Å². The number of aryl methyl sites for hydroxylation is 1. The molecule has 5 heteroatoms. The van der Waals surface area contributed by atoms with Gasteiger partial charge in [0.05, 0.1) is 12.8 Å². The SMILES string of the molecule is COc1ccc(N2CCN(C)CC2)cc1NC(=O)c1cccc(C)c1. The number of carbonyl (C=O) groups is 1. The molecule has 0 saturated carbocycles. The molecule has 0 aromatic heterocycles. The molecule has 0 unspecified atom stereocenters. The third kappa shape index (κ3) is 4.12. The summed E-state index contributed by atoms with van der Waals surface area (Å²) in [5.41, 5.74) is 3.51. The molecule has 1 fully saturated rings. The number of benzene rings is 2. The van der Waals surface area contributed by atoms with Gasteiger partial charge in [-0.05, 0) is 44.3 Å². The van der Waals surface area contributed by atoms with Gasteiger partial charge in [-0.25, -0.2) is 0 Å². The summed E-state index contributed by atoms with van der Waals surface area (Å²) in [5.74, 6) is 0.538. The molecule has 132 valence electrons. The first-order valence-corrected chi connectivity index (χ1v) is 8.56. The number of hydrogen-bond donors (Lipinski definition) is 1. The Kier molecular flexibility index (Phi) is 5.24. The third-order valence-corrected chi connectivity index (χ3v) is 4.58. The number of nitrogens with zero attached hydrogens (tertiary/aromatic N) is 2. The highest BCUT2D eigenvalue weighted by atomic mass is 16.5. The molecule has 0 bridgehead atoms. The van der Waals surface area contributed by atoms with E-state index in [0.29, 0.717) is 17.0 Å². The Bertz CT molecular complexity index is 752. The van der Waals surface area contributed by atoms with Crippen molar-refractivity contribution in [2.45, 2.75) is 6.92 Å². The first-order valence-electron chi connectivity index (χ1n) is 8.56. The Morgan fingerprint density at radius 2 is 1.84 bits per heavy atom. The van der Waals surface area contributed by atoms with E-state index in [-0.39, 0.29) is 5.91 Å². The minimum absolute atomic E-state index is 0.127. The van der Waals surface area contributed by atoms with Crippen molar-refractivity contribution >= 4 is 17.3 Å². The number of nitrogens with one attached hydrogen (secondary N) is 1. The lowest BCUT2D eigenvalue weighted by molar-refractivity contribution is 0.102. The minimum Gasteiger partial charge on any atom is -0.495 e. The van der Waals surface area contributed by atoms with E-state index < -0.39 is 0 Å². The summed E-state index contributed by atoms with van der Waals surface area (Å²) >= 11 is 0. The highest BCUT2D eigenvalue weighted by Crippen LogP contribution is 2.30. The summed E-state index contributed by atoms with van der Waals surface area (Å²) in [6.45, 7) is 6.02. The number of carbonyl (C=O) groups excluding carboxylic acids is 1. The number of ether oxygens (including phenoxy) is 1. The maximum Gasteiger partial charge on any atom is 0.255 e. The number of amides is 1. The van der Waals surface area contributed by atoms with Crippen molar-refractivity contribution in [3.8, 4) is 5.75 Å². The number of hydrogen-bond acceptors (Lipinski definition) is 4. The molecule has 2 aromatic carbocycles. The second-order valence-electron chi connectivity index (χ2n) is 6.50. The molecule has 1 amide bonds. The van der Waals surface area contributed by atoms with Crippen LogP contribution in [0.2, 0.25) is 0 Å². The molecule has 0 radical (unpaired) electrons. The van der Waals surface area contributed by atoms with Crippen molar-refractivity contribution in [3.63, 3.8) is 0 Å². The fourth-order valence-corrected chi connectivity index (χ4v) is 3.04. The zero-order valence-electron chi connectivity index (χ0n) is 15.1. The average Bonchev–Trinajstić information content (AvgIpc) is 2.62. The van der Waals surface area contributed by atoms with E-state index in [4.69, 9.17) is 4.74 Å². The molecule has 2 aromatic rings. The van der Waals surface area contributed by atoms with Crippen LogP contribution in [-0.4, -0.2) is 51.1 Å². The summed E-state index contributed by atoms with van der Waals surface area (Å²) in [5, 5.41) is 2.99. The zero-order valence-corrected chi connectivity index (χ0v) is 15.1. The van der Waals surface area contributed by atoms with Crippen LogP contribution in [0.3, 0.4) is 0 Å². The topological polar surface area (TPSA) is 44.8 Å². The standard InChI is InChI=1S/C20H25N3O2/c1-15-5-4-6-16(13-15)20(24)21-18-14-17(7-8-19(18)25-3)23-11-9-22(2)10-12-23/h4-8,13-14H,9-12H2,1-3H3,(H,21,24). The summed E-state index contributed by atoms with van der Waals surface area (Å²) < 4.78 is 5.42. The smallest absolute Gasteiger partial charge is 0.255 e. The fourth-order valence-electron chi connectivity index (χ4n) is 3.04. The highest BCUT2D eigenvalue weighted by Gasteiger charge is 2.17. The Morgan fingerprint density at radius 3 is 2.52 bits per heavy atom. The van der Waals surface area contributed by atoms with Crippen LogP contribution in [0.15, 0.2) is 42.5 Å². The van der Waals surface area contributed by atoms with E-state index in [1.165, 1.54) is 0 Å². The van der Waals surface area contributed by atoms with Gasteiger partial charge < -0.3 is 19.9 Å². The summed E-state index contributed by atoms with van der Waals surface area (Å²) in [4.78, 5) is 17.2. The molecular weight excluding hydrogens is 314 g/mol. The molecule has 25 heavy (non-hydrogen) atoms. The van der Waals surface area contributed by atoms with Crippen molar-refractivity contribution in [1.82, 2.24) is 4.90 Å². The van der Waals surface area contributed by atoms with Crippen LogP contribution < -0.4 is 15.0 Å². The zero-order chi connectivity index (χ0) is 17.8. The molecule has 1 saturated heterocycles. The van der Waals surface area contributed by atoms with Gasteiger partial charge in [0.1, 0.15) is 5.75 Å². The van der Waals surface area contributed by atoms with Crippen LogP contribution >= 0.6 is 0 Å². The maximum atomic E-state index is 12.6. The fraction of sp³-hybridized carbons (Fsp3) is 0.350. The molecular formula is C20H25N3O2. The van der Waals surface area contributed by atoms with Gasteiger partial charge in [-0.15, -0.1) is 0 Å². The lowest BCUT2D eigenvalue weighted by Crippen LogP contribution is -2.44. The van der Waals surface area contributed by atoms with Gasteiger partial charge in [0.25, 0.3) is 5.91 Å². The second kappa shape index (κ2) is 7.57. The molecule has 1 aliphatic rings. The number of methoxy groups -OCH3 is 1. The van der Waals surface area contributed by atoms with Crippen molar-refractivity contribution in [2.75, 3.05) is 50.6 Å². The number of piperazine rings is 1. The van der Waals surface area contributed by atoms with Crippen LogP contribution in [0.4, 0.5) is 11.4 Å². The van der Waals surface area contributed by atoms with Gasteiger partial charge in [0.2, 0.25) is 0 Å². The lowest BCUT2D eigenvalue weighted by atomic mass is 10.1. The van der Waals surface area contributed by atoms with Gasteiger partial charge in [-0.3, -0.25) is 4.79 Å². The van der Waals surface area contributed by atoms with Gasteiger partial charge >= 0.3 is 0 Å². The van der Waals surface area contributed by atoms with Crippen molar-refractivity contribution in [2.24, 2.45) is 0 Å². The predicted molar refractivity (Wildman–Crippen MR) is 102 cm³/mol. The second-order valence-corrected chi connectivity index (χ2v) is 6.50. The lowest BCUT2D eigenvalue weighted by Gasteiger charge is -2.34. The Morgan fingerprint density at radius 1 is 1.08 bits per heavy atom. The molecule has 1 aliphatic heterocycles. The Labute approximate surface area is 149 Å². The maximum absolute atomic E-state index is 12.6. The molecule has 0 atom stereocenters. The molecule has 1 heterocycles. The van der Waals surface area contributed by atoms with E-state index in [9.17, 15) is 4.79 Å². The van der Waals surface area contributed by atoms with Crippen molar-refractivity contribution in [1.29, 1.82) is 0 Å². The van der Waals surface area contributed by atoms with Crippen LogP contribution in [0.1, 0.15) is 15.9 Å². The van der Waals surface area contributed by atoms with E-state index >= 15 is 0 Å². The Hall–Kier alpha value is -2.53. The molecule has 0 aliphatic carbocycles. The van der Waals surface area contributed by atoms with Crippen LogP contribution in [0.25, 0.3) is 0 Å². The third-order valence-electron chi connectivity index (χ3n) is 4.58. The number of rotatable bonds is 4. The summed E-state index contributed by atoms with van der Waals surface area (Å²) in [6.07, 6.45) is 0. The van der Waals surface area contributed by atoms with Crippen molar-refractivity contribution < 1.29 is 9.53 Å². The average molecular weight is 339 g/mol. The quantitative estimate of drug-likeness (QED) is 0.930. The van der Waals surface area contributed by atoms with Crippen LogP contribution in [0.5, 0.6) is 5.75 Å².